The van der Waals surface area contributed by atoms with Crippen LogP contribution >= 0.6 is 0 Å². The Morgan fingerprint density at radius 3 is 2.65 bits per heavy atom. The van der Waals surface area contributed by atoms with E-state index in [-0.39, 0.29) is 0 Å². The molecular weight excluding hydrogens is 254 g/mol. The summed E-state index contributed by atoms with van der Waals surface area (Å²) in [6, 6.07) is 6.58. The van der Waals surface area contributed by atoms with Gasteiger partial charge in [0.1, 0.15) is 0 Å². The van der Waals surface area contributed by atoms with E-state index in [0.29, 0.717) is 18.8 Å². The Morgan fingerprint density at radius 1 is 1.20 bits per heavy atom. The number of ether oxygens (including phenoxy) is 3. The first-order valence-electron chi connectivity index (χ1n) is 7.42. The lowest BCUT2D eigenvalue weighted by Crippen LogP contribution is -2.45. The third-order valence-corrected chi connectivity index (χ3v) is 3.64. The van der Waals surface area contributed by atoms with Gasteiger partial charge in [0.05, 0.1) is 19.8 Å². The van der Waals surface area contributed by atoms with Gasteiger partial charge in [0.25, 0.3) is 0 Å². The largest absolute Gasteiger partial charge is 0.493 e. The quantitative estimate of drug-likeness (QED) is 0.794. The molecule has 1 aromatic rings. The van der Waals surface area contributed by atoms with E-state index in [1.165, 1.54) is 0 Å². The van der Waals surface area contributed by atoms with Crippen LogP contribution in [0.25, 0.3) is 0 Å². The van der Waals surface area contributed by atoms with Crippen LogP contribution in [0.3, 0.4) is 0 Å². The highest BCUT2D eigenvalue weighted by atomic mass is 16.5. The van der Waals surface area contributed by atoms with Gasteiger partial charge in [-0.25, -0.2) is 0 Å². The number of rotatable bonds is 8. The molecule has 0 unspecified atom stereocenters. The third kappa shape index (κ3) is 3.64. The summed E-state index contributed by atoms with van der Waals surface area (Å²) in [4.78, 5) is 0. The first kappa shape index (κ1) is 15.1. The Hall–Kier alpha value is -1.26. The summed E-state index contributed by atoms with van der Waals surface area (Å²) >= 11 is 0. The normalized spacial score (nSPS) is 21.4. The fourth-order valence-electron chi connectivity index (χ4n) is 2.56. The Kier molecular flexibility index (Phi) is 5.68. The second-order valence-electron chi connectivity index (χ2n) is 5.01. The summed E-state index contributed by atoms with van der Waals surface area (Å²) < 4.78 is 16.6. The topological polar surface area (TPSA) is 39.7 Å². The van der Waals surface area contributed by atoms with Crippen molar-refractivity contribution >= 4 is 0 Å². The second kappa shape index (κ2) is 7.50. The summed E-state index contributed by atoms with van der Waals surface area (Å²) in [5.74, 6) is 1.65. The molecule has 1 saturated carbocycles. The molecule has 20 heavy (non-hydrogen) atoms. The van der Waals surface area contributed by atoms with Crippen molar-refractivity contribution in [3.05, 3.63) is 23.8 Å². The van der Waals surface area contributed by atoms with Gasteiger partial charge in [-0.1, -0.05) is 12.1 Å². The zero-order valence-electron chi connectivity index (χ0n) is 12.6. The molecule has 0 atom stereocenters. The maximum atomic E-state index is 5.59. The molecule has 0 aliphatic heterocycles. The minimum absolute atomic E-state index is 0.439. The van der Waals surface area contributed by atoms with Crippen LogP contribution in [0.1, 0.15) is 32.3 Å². The van der Waals surface area contributed by atoms with Gasteiger partial charge >= 0.3 is 0 Å². The SMILES string of the molecule is CCOc1cccc(CNC2CC(OCC)C2)c1OC. The van der Waals surface area contributed by atoms with E-state index < -0.39 is 0 Å². The van der Waals surface area contributed by atoms with Gasteiger partial charge in [0.15, 0.2) is 11.5 Å². The van der Waals surface area contributed by atoms with Gasteiger partial charge in [0, 0.05) is 24.8 Å². The summed E-state index contributed by atoms with van der Waals surface area (Å²) in [7, 11) is 1.69. The van der Waals surface area contributed by atoms with Crippen molar-refractivity contribution in [2.75, 3.05) is 20.3 Å². The molecule has 1 aliphatic carbocycles. The molecule has 1 aliphatic rings. The molecule has 0 bridgehead atoms. The molecule has 4 nitrogen and oxygen atoms in total. The average molecular weight is 279 g/mol. The monoisotopic (exact) mass is 279 g/mol. The maximum Gasteiger partial charge on any atom is 0.165 e. The summed E-state index contributed by atoms with van der Waals surface area (Å²) in [5, 5.41) is 3.55. The molecule has 0 spiro atoms. The molecule has 0 amide bonds. The van der Waals surface area contributed by atoms with E-state index in [2.05, 4.69) is 11.4 Å². The average Bonchev–Trinajstić information content (AvgIpc) is 2.41. The van der Waals surface area contributed by atoms with Crippen LogP contribution in [-0.2, 0) is 11.3 Å². The number of nitrogens with one attached hydrogen (secondary N) is 1. The predicted octanol–water partition coefficient (Wildman–Crippen LogP) is 2.75. The highest BCUT2D eigenvalue weighted by molar-refractivity contribution is 5.46. The minimum Gasteiger partial charge on any atom is -0.493 e. The molecule has 0 aromatic heterocycles. The minimum atomic E-state index is 0.439. The number of methoxy groups -OCH3 is 1. The van der Waals surface area contributed by atoms with Crippen molar-refractivity contribution in [3.8, 4) is 11.5 Å². The van der Waals surface area contributed by atoms with E-state index in [1.807, 2.05) is 26.0 Å². The van der Waals surface area contributed by atoms with Crippen LogP contribution in [-0.4, -0.2) is 32.5 Å². The fraction of sp³-hybridized carbons (Fsp3) is 0.625. The van der Waals surface area contributed by atoms with E-state index in [9.17, 15) is 0 Å². The molecule has 0 saturated heterocycles. The maximum absolute atomic E-state index is 5.59. The van der Waals surface area contributed by atoms with Crippen molar-refractivity contribution < 1.29 is 14.2 Å². The van der Waals surface area contributed by atoms with Crippen molar-refractivity contribution in [1.82, 2.24) is 5.32 Å². The van der Waals surface area contributed by atoms with E-state index in [4.69, 9.17) is 14.2 Å². The number of hydrogen-bond donors (Lipinski definition) is 1. The molecule has 1 N–H and O–H groups in total. The lowest BCUT2D eigenvalue weighted by atomic mass is 9.89. The molecular formula is C16H25NO3. The van der Waals surface area contributed by atoms with Gasteiger partial charge < -0.3 is 19.5 Å². The van der Waals surface area contributed by atoms with Crippen LogP contribution in [0, 0.1) is 0 Å². The van der Waals surface area contributed by atoms with Crippen molar-refractivity contribution in [2.24, 2.45) is 0 Å². The Morgan fingerprint density at radius 2 is 2.00 bits per heavy atom. The number of para-hydroxylation sites is 1. The smallest absolute Gasteiger partial charge is 0.165 e. The summed E-state index contributed by atoms with van der Waals surface area (Å²) in [6.07, 6.45) is 2.64. The molecule has 0 heterocycles. The zero-order chi connectivity index (χ0) is 14.4. The second-order valence-corrected chi connectivity index (χ2v) is 5.01. The Labute approximate surface area is 121 Å². The Balaban J connectivity index is 1.88. The van der Waals surface area contributed by atoms with Gasteiger partial charge in [-0.05, 0) is 32.8 Å². The van der Waals surface area contributed by atoms with Crippen molar-refractivity contribution in [2.45, 2.75) is 45.4 Å². The molecule has 1 fully saturated rings. The molecule has 112 valence electrons. The summed E-state index contributed by atoms with van der Waals surface area (Å²) in [5.41, 5.74) is 1.14. The highest BCUT2D eigenvalue weighted by Gasteiger charge is 2.29. The summed E-state index contributed by atoms with van der Waals surface area (Å²) in [6.45, 7) is 6.28. The first-order valence-corrected chi connectivity index (χ1v) is 7.42. The van der Waals surface area contributed by atoms with Crippen LogP contribution in [0.4, 0.5) is 0 Å². The highest BCUT2D eigenvalue weighted by Crippen LogP contribution is 2.31. The standard InChI is InChI=1S/C16H25NO3/c1-4-19-14-9-13(10-14)17-11-12-7-6-8-15(20-5-2)16(12)18-3/h6-8,13-14,17H,4-5,9-11H2,1-3H3. The van der Waals surface area contributed by atoms with E-state index >= 15 is 0 Å². The van der Waals surface area contributed by atoms with E-state index in [1.54, 1.807) is 7.11 Å². The van der Waals surface area contributed by atoms with Crippen LogP contribution < -0.4 is 14.8 Å². The molecule has 0 radical (unpaired) electrons. The van der Waals surface area contributed by atoms with E-state index in [0.717, 1.165) is 43.1 Å². The predicted molar refractivity (Wildman–Crippen MR) is 79.4 cm³/mol. The van der Waals surface area contributed by atoms with Crippen LogP contribution in [0.5, 0.6) is 11.5 Å². The van der Waals surface area contributed by atoms with Gasteiger partial charge in [-0.3, -0.25) is 0 Å². The molecule has 2 rings (SSSR count). The van der Waals surface area contributed by atoms with Crippen LogP contribution in [0.15, 0.2) is 18.2 Å². The van der Waals surface area contributed by atoms with Gasteiger partial charge in [-0.2, -0.15) is 0 Å². The fourth-order valence-corrected chi connectivity index (χ4v) is 2.56. The van der Waals surface area contributed by atoms with Crippen LogP contribution in [0.2, 0.25) is 0 Å². The van der Waals surface area contributed by atoms with Gasteiger partial charge in [-0.15, -0.1) is 0 Å². The Bertz CT molecular complexity index is 416. The number of benzene rings is 1. The number of hydrogen-bond acceptors (Lipinski definition) is 4. The zero-order valence-corrected chi connectivity index (χ0v) is 12.6. The lowest BCUT2D eigenvalue weighted by Gasteiger charge is -2.35. The molecule has 4 heteroatoms. The first-order chi connectivity index (χ1) is 9.78. The molecule has 1 aromatic carbocycles. The van der Waals surface area contributed by atoms with Crippen molar-refractivity contribution in [3.63, 3.8) is 0 Å². The third-order valence-electron chi connectivity index (χ3n) is 3.64. The lowest BCUT2D eigenvalue weighted by molar-refractivity contribution is -0.0102. The van der Waals surface area contributed by atoms with Crippen molar-refractivity contribution in [1.29, 1.82) is 0 Å². The van der Waals surface area contributed by atoms with Gasteiger partial charge in [0.2, 0.25) is 0 Å².